The zero-order valence-corrected chi connectivity index (χ0v) is 8.67. The van der Waals surface area contributed by atoms with Gasteiger partial charge in [0, 0.05) is 0 Å². The molecular formula is C9H8BrNO2. The Labute approximate surface area is 84.3 Å². The van der Waals surface area contributed by atoms with Gasteiger partial charge in [-0.05, 0) is 35.0 Å². The molecular weight excluding hydrogens is 234 g/mol. The number of aromatic nitrogens is 1. The lowest BCUT2D eigenvalue weighted by molar-refractivity contribution is -0.116. The van der Waals surface area contributed by atoms with E-state index < -0.39 is 0 Å². The second kappa shape index (κ2) is 4.28. The van der Waals surface area contributed by atoms with E-state index in [1.54, 1.807) is 18.2 Å². The van der Waals surface area contributed by atoms with Crippen LogP contribution in [0.15, 0.2) is 22.8 Å². The predicted octanol–water partition coefficient (Wildman–Crippen LogP) is 2.01. The highest BCUT2D eigenvalue weighted by atomic mass is 79.9. The molecule has 0 N–H and O–H groups in total. The Morgan fingerprint density at radius 2 is 2.15 bits per heavy atom. The van der Waals surface area contributed by atoms with Gasteiger partial charge >= 0.3 is 0 Å². The number of hydrogen-bond donors (Lipinski definition) is 0. The molecule has 68 valence electrons. The van der Waals surface area contributed by atoms with Gasteiger partial charge in [-0.3, -0.25) is 9.59 Å². The number of carbonyl (C=O) groups is 2. The first-order chi connectivity index (χ1) is 6.09. The molecule has 0 aliphatic rings. The third-order valence-corrected chi connectivity index (χ3v) is 1.85. The second-order valence-electron chi connectivity index (χ2n) is 2.65. The summed E-state index contributed by atoms with van der Waals surface area (Å²) in [5.41, 5.74) is 0.324. The average Bonchev–Trinajstić information content (AvgIpc) is 2.03. The Balaban J connectivity index is 2.83. The zero-order chi connectivity index (χ0) is 9.84. The maximum absolute atomic E-state index is 11.3. The molecule has 1 aromatic rings. The minimum absolute atomic E-state index is 0.0799. The van der Waals surface area contributed by atoms with Gasteiger partial charge in [0.25, 0.3) is 0 Å². The van der Waals surface area contributed by atoms with E-state index in [1.807, 2.05) is 0 Å². The molecule has 0 aliphatic carbocycles. The van der Waals surface area contributed by atoms with E-state index in [2.05, 4.69) is 20.9 Å². The Kier molecular flexibility index (Phi) is 3.31. The van der Waals surface area contributed by atoms with Gasteiger partial charge in [-0.25, -0.2) is 4.98 Å². The molecule has 0 saturated carbocycles. The highest BCUT2D eigenvalue weighted by Crippen LogP contribution is 2.08. The minimum atomic E-state index is -0.242. The normalized spacial score (nSPS) is 9.69. The van der Waals surface area contributed by atoms with Gasteiger partial charge < -0.3 is 0 Å². The second-order valence-corrected chi connectivity index (χ2v) is 3.46. The fourth-order valence-corrected chi connectivity index (χ4v) is 1.22. The van der Waals surface area contributed by atoms with Crippen molar-refractivity contribution in [1.82, 2.24) is 4.98 Å². The third-order valence-electron chi connectivity index (χ3n) is 1.41. The molecule has 0 spiro atoms. The standard InChI is InChI=1S/C9H8BrNO2/c1-6(12)5-8(13)7-3-2-4-9(10)11-7/h2-4H,5H2,1H3. The summed E-state index contributed by atoms with van der Waals surface area (Å²) in [6.45, 7) is 1.38. The summed E-state index contributed by atoms with van der Waals surface area (Å²) in [6.07, 6.45) is -0.0799. The summed E-state index contributed by atoms with van der Waals surface area (Å²) in [7, 11) is 0. The molecule has 1 heterocycles. The number of pyridine rings is 1. The number of ketones is 2. The maximum Gasteiger partial charge on any atom is 0.188 e. The molecule has 0 unspecified atom stereocenters. The molecule has 0 bridgehead atoms. The Hall–Kier alpha value is -1.03. The van der Waals surface area contributed by atoms with Crippen LogP contribution in [0.2, 0.25) is 0 Å². The number of nitrogens with zero attached hydrogens (tertiary/aromatic N) is 1. The molecule has 0 amide bonds. The van der Waals surface area contributed by atoms with Crippen molar-refractivity contribution in [2.45, 2.75) is 13.3 Å². The third kappa shape index (κ3) is 3.06. The summed E-state index contributed by atoms with van der Waals surface area (Å²) in [6, 6.07) is 5.03. The lowest BCUT2D eigenvalue weighted by Crippen LogP contribution is -2.06. The highest BCUT2D eigenvalue weighted by molar-refractivity contribution is 9.10. The molecule has 0 aliphatic heterocycles. The van der Waals surface area contributed by atoms with Crippen molar-refractivity contribution in [2.75, 3.05) is 0 Å². The Morgan fingerprint density at radius 1 is 1.46 bits per heavy atom. The van der Waals surface area contributed by atoms with E-state index in [1.165, 1.54) is 6.92 Å². The van der Waals surface area contributed by atoms with Crippen LogP contribution in [0.5, 0.6) is 0 Å². The smallest absolute Gasteiger partial charge is 0.188 e. The molecule has 1 aromatic heterocycles. The van der Waals surface area contributed by atoms with Crippen molar-refractivity contribution >= 4 is 27.5 Å². The lowest BCUT2D eigenvalue weighted by atomic mass is 10.1. The number of Topliss-reactive ketones (excluding diaryl/α,β-unsaturated/α-hetero) is 2. The molecule has 1 rings (SSSR count). The first-order valence-corrected chi connectivity index (χ1v) is 4.54. The number of carbonyl (C=O) groups excluding carboxylic acids is 2. The molecule has 4 heteroatoms. The van der Waals surface area contributed by atoms with Crippen LogP contribution >= 0.6 is 15.9 Å². The predicted molar refractivity (Wildman–Crippen MR) is 51.6 cm³/mol. The van der Waals surface area contributed by atoms with Crippen molar-refractivity contribution in [3.05, 3.63) is 28.5 Å². The van der Waals surface area contributed by atoms with Gasteiger partial charge in [0.05, 0.1) is 6.42 Å². The lowest BCUT2D eigenvalue weighted by Gasteiger charge is -1.97. The molecule has 0 atom stereocenters. The molecule has 0 radical (unpaired) electrons. The van der Waals surface area contributed by atoms with Crippen molar-refractivity contribution in [1.29, 1.82) is 0 Å². The van der Waals surface area contributed by atoms with Crippen molar-refractivity contribution in [2.24, 2.45) is 0 Å². The maximum atomic E-state index is 11.3. The van der Waals surface area contributed by atoms with E-state index in [0.717, 1.165) is 0 Å². The van der Waals surface area contributed by atoms with E-state index in [0.29, 0.717) is 10.3 Å². The van der Waals surface area contributed by atoms with Gasteiger partial charge in [0.15, 0.2) is 5.78 Å². The van der Waals surface area contributed by atoms with E-state index in [-0.39, 0.29) is 18.0 Å². The van der Waals surface area contributed by atoms with E-state index in [9.17, 15) is 9.59 Å². The zero-order valence-electron chi connectivity index (χ0n) is 7.08. The molecule has 13 heavy (non-hydrogen) atoms. The van der Waals surface area contributed by atoms with Crippen LogP contribution in [-0.4, -0.2) is 16.6 Å². The topological polar surface area (TPSA) is 47.0 Å². The Bertz CT molecular complexity index is 349. The highest BCUT2D eigenvalue weighted by Gasteiger charge is 2.09. The minimum Gasteiger partial charge on any atom is -0.300 e. The molecule has 0 fully saturated rings. The van der Waals surface area contributed by atoms with Crippen LogP contribution in [-0.2, 0) is 4.79 Å². The summed E-state index contributed by atoms with van der Waals surface area (Å²) in [5.74, 6) is -0.388. The number of hydrogen-bond acceptors (Lipinski definition) is 3. The van der Waals surface area contributed by atoms with Crippen LogP contribution in [0, 0.1) is 0 Å². The SMILES string of the molecule is CC(=O)CC(=O)c1cccc(Br)n1. The fraction of sp³-hybridized carbons (Fsp3) is 0.222. The van der Waals surface area contributed by atoms with Crippen LogP contribution in [0.4, 0.5) is 0 Å². The average molecular weight is 242 g/mol. The van der Waals surface area contributed by atoms with E-state index in [4.69, 9.17) is 0 Å². The summed E-state index contributed by atoms with van der Waals surface area (Å²) in [4.78, 5) is 25.9. The van der Waals surface area contributed by atoms with Crippen LogP contribution in [0.1, 0.15) is 23.8 Å². The van der Waals surface area contributed by atoms with Gasteiger partial charge in [0.1, 0.15) is 16.1 Å². The van der Waals surface area contributed by atoms with Crippen LogP contribution in [0.3, 0.4) is 0 Å². The summed E-state index contributed by atoms with van der Waals surface area (Å²) >= 11 is 3.15. The van der Waals surface area contributed by atoms with Gasteiger partial charge in [-0.2, -0.15) is 0 Å². The largest absolute Gasteiger partial charge is 0.300 e. The van der Waals surface area contributed by atoms with Crippen molar-refractivity contribution in [3.8, 4) is 0 Å². The monoisotopic (exact) mass is 241 g/mol. The van der Waals surface area contributed by atoms with E-state index >= 15 is 0 Å². The molecule has 0 saturated heterocycles. The van der Waals surface area contributed by atoms with Gasteiger partial charge in [-0.15, -0.1) is 0 Å². The van der Waals surface area contributed by atoms with Crippen molar-refractivity contribution in [3.63, 3.8) is 0 Å². The summed E-state index contributed by atoms with van der Waals surface area (Å²) < 4.78 is 0.599. The first-order valence-electron chi connectivity index (χ1n) is 3.75. The van der Waals surface area contributed by atoms with Gasteiger partial charge in [0.2, 0.25) is 0 Å². The Morgan fingerprint density at radius 3 is 2.69 bits per heavy atom. The first kappa shape index (κ1) is 10.1. The van der Waals surface area contributed by atoms with Gasteiger partial charge in [-0.1, -0.05) is 6.07 Å². The number of rotatable bonds is 3. The van der Waals surface area contributed by atoms with Crippen LogP contribution < -0.4 is 0 Å². The molecule has 0 aromatic carbocycles. The van der Waals surface area contributed by atoms with Crippen LogP contribution in [0.25, 0.3) is 0 Å². The summed E-state index contributed by atoms with van der Waals surface area (Å²) in [5, 5.41) is 0. The molecule has 3 nitrogen and oxygen atoms in total. The van der Waals surface area contributed by atoms with Crippen molar-refractivity contribution < 1.29 is 9.59 Å². The quantitative estimate of drug-likeness (QED) is 0.462. The fourth-order valence-electron chi connectivity index (χ4n) is 0.880. The number of halogens is 1.